The summed E-state index contributed by atoms with van der Waals surface area (Å²) in [7, 11) is 3.59. The number of phenolic OH excluding ortho intramolecular Hbond substituents is 1. The maximum Gasteiger partial charge on any atom is 0.264 e. The quantitative estimate of drug-likeness (QED) is 0.368. The molecule has 2 aromatic carbocycles. The van der Waals surface area contributed by atoms with Crippen LogP contribution >= 0.6 is 11.6 Å². The van der Waals surface area contributed by atoms with E-state index in [1.165, 1.54) is 17.0 Å². The molecule has 0 saturated heterocycles. The Hall–Kier alpha value is -4.28. The molecule has 4 rings (SSSR count). The number of anilines is 2. The Morgan fingerprint density at radius 3 is 2.31 bits per heavy atom. The SMILES string of the molecule is Cc1c(N(C(=O)c2cc(-c3cc(Cl)ccc3C=O)n(C)c2C)c2ccc(O)cc2)cc(C#N)n1C. The summed E-state index contributed by atoms with van der Waals surface area (Å²) in [5.41, 5.74) is 5.10. The van der Waals surface area contributed by atoms with E-state index >= 15 is 0 Å². The molecule has 0 radical (unpaired) electrons. The Morgan fingerprint density at radius 1 is 1.03 bits per heavy atom. The molecule has 0 fully saturated rings. The molecule has 0 aliphatic heterocycles. The van der Waals surface area contributed by atoms with Crippen molar-refractivity contribution in [3.63, 3.8) is 0 Å². The Morgan fingerprint density at radius 2 is 1.71 bits per heavy atom. The van der Waals surface area contributed by atoms with Crippen molar-refractivity contribution >= 4 is 35.2 Å². The van der Waals surface area contributed by atoms with Crippen LogP contribution in [0.3, 0.4) is 0 Å². The fourth-order valence-corrected chi connectivity index (χ4v) is 4.30. The summed E-state index contributed by atoms with van der Waals surface area (Å²) in [5, 5.41) is 19.8. The second kappa shape index (κ2) is 9.16. The molecule has 2 aromatic heterocycles. The number of benzene rings is 2. The number of nitriles is 1. The number of hydrogen-bond acceptors (Lipinski definition) is 4. The van der Waals surface area contributed by atoms with Crippen LogP contribution in [0.1, 0.15) is 37.8 Å². The number of rotatable bonds is 5. The molecule has 8 heteroatoms. The van der Waals surface area contributed by atoms with Gasteiger partial charge in [-0.05, 0) is 68.4 Å². The van der Waals surface area contributed by atoms with E-state index in [1.807, 2.05) is 25.5 Å². The van der Waals surface area contributed by atoms with Gasteiger partial charge in [0.05, 0.1) is 11.3 Å². The molecule has 1 N–H and O–H groups in total. The Balaban J connectivity index is 1.92. The minimum Gasteiger partial charge on any atom is -0.508 e. The van der Waals surface area contributed by atoms with Crippen molar-refractivity contribution in [3.8, 4) is 23.1 Å². The smallest absolute Gasteiger partial charge is 0.264 e. The summed E-state index contributed by atoms with van der Waals surface area (Å²) >= 11 is 6.21. The molecule has 176 valence electrons. The largest absolute Gasteiger partial charge is 0.508 e. The van der Waals surface area contributed by atoms with Crippen LogP contribution < -0.4 is 4.90 Å². The lowest BCUT2D eigenvalue weighted by Crippen LogP contribution is -2.26. The third-order valence-electron chi connectivity index (χ3n) is 6.36. The average molecular weight is 487 g/mol. The zero-order valence-electron chi connectivity index (χ0n) is 19.7. The predicted octanol–water partition coefficient (Wildman–Crippen LogP) is 5.67. The highest BCUT2D eigenvalue weighted by Gasteiger charge is 2.28. The van der Waals surface area contributed by atoms with Crippen LogP contribution in [0, 0.1) is 25.2 Å². The standard InChI is InChI=1S/C27H23ClN4O3/c1-16-23(13-26(31(16)4)24-11-19(28)6-5-18(24)15-33)27(35)32(20-7-9-22(34)10-8-20)25-12-21(14-29)30(3)17(25)2/h5-13,15,34H,1-4H3. The number of nitrogens with zero attached hydrogens (tertiary/aromatic N) is 4. The van der Waals surface area contributed by atoms with E-state index in [-0.39, 0.29) is 11.7 Å². The minimum atomic E-state index is -0.317. The summed E-state index contributed by atoms with van der Waals surface area (Å²) in [4.78, 5) is 27.3. The van der Waals surface area contributed by atoms with Crippen LogP contribution in [0.15, 0.2) is 54.6 Å². The molecule has 0 unspecified atom stereocenters. The van der Waals surface area contributed by atoms with E-state index in [2.05, 4.69) is 6.07 Å². The van der Waals surface area contributed by atoms with Gasteiger partial charge in [-0.3, -0.25) is 14.5 Å². The van der Waals surface area contributed by atoms with E-state index in [0.717, 1.165) is 12.0 Å². The van der Waals surface area contributed by atoms with Crippen molar-refractivity contribution in [1.82, 2.24) is 9.13 Å². The summed E-state index contributed by atoms with van der Waals surface area (Å²) < 4.78 is 3.57. The maximum atomic E-state index is 14.1. The molecule has 0 bridgehead atoms. The van der Waals surface area contributed by atoms with Crippen LogP contribution in [0.4, 0.5) is 11.4 Å². The van der Waals surface area contributed by atoms with Crippen molar-refractivity contribution in [2.75, 3.05) is 4.90 Å². The van der Waals surface area contributed by atoms with Crippen LogP contribution in [-0.4, -0.2) is 26.4 Å². The van der Waals surface area contributed by atoms with E-state index in [4.69, 9.17) is 11.6 Å². The monoisotopic (exact) mass is 486 g/mol. The maximum absolute atomic E-state index is 14.1. The van der Waals surface area contributed by atoms with Gasteiger partial charge >= 0.3 is 0 Å². The number of amides is 1. The number of halogens is 1. The van der Waals surface area contributed by atoms with E-state index in [1.54, 1.807) is 54.1 Å². The van der Waals surface area contributed by atoms with Gasteiger partial charge in [-0.25, -0.2) is 0 Å². The molecular weight excluding hydrogens is 464 g/mol. The molecule has 7 nitrogen and oxygen atoms in total. The highest BCUT2D eigenvalue weighted by molar-refractivity contribution is 6.31. The predicted molar refractivity (Wildman–Crippen MR) is 135 cm³/mol. The zero-order valence-corrected chi connectivity index (χ0v) is 20.5. The minimum absolute atomic E-state index is 0.0733. The van der Waals surface area contributed by atoms with Gasteiger partial charge in [-0.1, -0.05) is 11.6 Å². The van der Waals surface area contributed by atoms with Gasteiger partial charge in [-0.2, -0.15) is 5.26 Å². The Bertz CT molecular complexity index is 1510. The van der Waals surface area contributed by atoms with Gasteiger partial charge in [0.25, 0.3) is 5.91 Å². The third-order valence-corrected chi connectivity index (χ3v) is 6.59. The molecular formula is C27H23ClN4O3. The van der Waals surface area contributed by atoms with Crippen molar-refractivity contribution in [2.24, 2.45) is 14.1 Å². The lowest BCUT2D eigenvalue weighted by Gasteiger charge is -2.23. The first-order valence-electron chi connectivity index (χ1n) is 10.8. The summed E-state index contributed by atoms with van der Waals surface area (Å²) in [6.45, 7) is 3.66. The first kappa shape index (κ1) is 23.9. The van der Waals surface area contributed by atoms with Gasteiger partial charge in [0.15, 0.2) is 6.29 Å². The van der Waals surface area contributed by atoms with Gasteiger partial charge in [0.1, 0.15) is 17.5 Å². The Kier molecular flexibility index (Phi) is 6.25. The van der Waals surface area contributed by atoms with Gasteiger partial charge in [0, 0.05) is 53.0 Å². The van der Waals surface area contributed by atoms with E-state index < -0.39 is 0 Å². The van der Waals surface area contributed by atoms with Crippen molar-refractivity contribution in [2.45, 2.75) is 13.8 Å². The fourth-order valence-electron chi connectivity index (χ4n) is 4.13. The third kappa shape index (κ3) is 4.09. The van der Waals surface area contributed by atoms with Crippen LogP contribution in [0.2, 0.25) is 5.02 Å². The van der Waals surface area contributed by atoms with Crippen LogP contribution in [0.25, 0.3) is 11.3 Å². The molecule has 0 aliphatic rings. The lowest BCUT2D eigenvalue weighted by atomic mass is 10.0. The molecule has 0 atom stereocenters. The summed E-state index contributed by atoms with van der Waals surface area (Å²) in [5.74, 6) is -0.243. The van der Waals surface area contributed by atoms with Gasteiger partial charge in [-0.15, -0.1) is 0 Å². The molecule has 4 aromatic rings. The lowest BCUT2D eigenvalue weighted by molar-refractivity contribution is 0.0998. The topological polar surface area (TPSA) is 91.3 Å². The van der Waals surface area contributed by atoms with Gasteiger partial charge in [0.2, 0.25) is 0 Å². The summed E-state index contributed by atoms with van der Waals surface area (Å²) in [6, 6.07) is 16.9. The number of carbonyl (C=O) groups excluding carboxylic acids is 2. The van der Waals surface area contributed by atoms with Crippen molar-refractivity contribution in [1.29, 1.82) is 5.26 Å². The zero-order chi connectivity index (χ0) is 25.4. The second-order valence-corrected chi connectivity index (χ2v) is 8.70. The number of aromatic nitrogens is 2. The number of hydrogen-bond donors (Lipinski definition) is 1. The molecule has 2 heterocycles. The molecule has 35 heavy (non-hydrogen) atoms. The molecule has 0 spiro atoms. The molecule has 0 aliphatic carbocycles. The average Bonchev–Trinajstić information content (AvgIpc) is 3.30. The van der Waals surface area contributed by atoms with E-state index in [9.17, 15) is 20.0 Å². The number of phenols is 1. The highest BCUT2D eigenvalue weighted by Crippen LogP contribution is 2.36. The molecule has 1 amide bonds. The van der Waals surface area contributed by atoms with E-state index in [0.29, 0.717) is 50.2 Å². The van der Waals surface area contributed by atoms with Crippen molar-refractivity contribution in [3.05, 3.63) is 87.8 Å². The van der Waals surface area contributed by atoms with Crippen molar-refractivity contribution < 1.29 is 14.7 Å². The summed E-state index contributed by atoms with van der Waals surface area (Å²) in [6.07, 6.45) is 0.759. The van der Waals surface area contributed by atoms with Crippen LogP contribution in [-0.2, 0) is 14.1 Å². The highest BCUT2D eigenvalue weighted by atomic mass is 35.5. The first-order valence-corrected chi connectivity index (χ1v) is 11.2. The Labute approximate surface area is 208 Å². The fraction of sp³-hybridized carbons (Fsp3) is 0.148. The molecule has 0 saturated carbocycles. The first-order chi connectivity index (χ1) is 16.7. The number of aromatic hydroxyl groups is 1. The number of carbonyl (C=O) groups is 2. The normalized spacial score (nSPS) is 10.7. The number of aldehydes is 1. The van der Waals surface area contributed by atoms with Gasteiger partial charge < -0.3 is 14.2 Å². The second-order valence-electron chi connectivity index (χ2n) is 8.27. The van der Waals surface area contributed by atoms with Crippen LogP contribution in [0.5, 0.6) is 5.75 Å².